The molecule has 0 spiro atoms. The van der Waals surface area contributed by atoms with E-state index in [9.17, 15) is 9.59 Å². The number of hydrogen-bond donors (Lipinski definition) is 1. The number of benzene rings is 1. The van der Waals surface area contributed by atoms with E-state index in [1.807, 2.05) is 32.0 Å². The van der Waals surface area contributed by atoms with Gasteiger partial charge in [0, 0.05) is 24.0 Å². The molecular weight excluding hydrogens is 270 g/mol. The van der Waals surface area contributed by atoms with E-state index in [-0.39, 0.29) is 24.1 Å². The minimum Gasteiger partial charge on any atom is -0.443 e. The van der Waals surface area contributed by atoms with E-state index in [1.165, 1.54) is 0 Å². The van der Waals surface area contributed by atoms with E-state index < -0.39 is 0 Å². The van der Waals surface area contributed by atoms with Gasteiger partial charge in [-0.1, -0.05) is 0 Å². The van der Waals surface area contributed by atoms with Crippen LogP contribution in [0.2, 0.25) is 0 Å². The molecule has 3 rings (SSSR count). The van der Waals surface area contributed by atoms with Crippen molar-refractivity contribution in [1.82, 2.24) is 0 Å². The molecular formula is C15H19N3O3. The van der Waals surface area contributed by atoms with E-state index in [0.717, 1.165) is 16.9 Å². The molecule has 1 aromatic carbocycles. The minimum atomic E-state index is -0.379. The number of carbonyl (C=O) groups excluding carboxylic acids is 2. The Morgan fingerprint density at radius 2 is 2.14 bits per heavy atom. The minimum absolute atomic E-state index is 0.0981. The van der Waals surface area contributed by atoms with Crippen LogP contribution < -0.4 is 15.5 Å². The van der Waals surface area contributed by atoms with Crippen molar-refractivity contribution in [2.24, 2.45) is 5.73 Å². The summed E-state index contributed by atoms with van der Waals surface area (Å²) >= 11 is 0. The number of amides is 2. The summed E-state index contributed by atoms with van der Waals surface area (Å²) in [4.78, 5) is 27.3. The Labute approximate surface area is 123 Å². The zero-order valence-corrected chi connectivity index (χ0v) is 12.2. The summed E-state index contributed by atoms with van der Waals surface area (Å²) in [7, 11) is 0. The SMILES string of the molecule is CC(C)N1C(=O)Cc2cc(N3C[C@H](CN)OC3=O)ccc21. The van der Waals surface area contributed by atoms with Crippen molar-refractivity contribution in [3.8, 4) is 0 Å². The molecule has 112 valence electrons. The number of nitrogens with zero attached hydrogens (tertiary/aromatic N) is 2. The first-order chi connectivity index (χ1) is 10.0. The van der Waals surface area contributed by atoms with Crippen LogP contribution in [0, 0.1) is 0 Å². The molecule has 2 aliphatic rings. The molecule has 0 radical (unpaired) electrons. The van der Waals surface area contributed by atoms with Gasteiger partial charge in [-0.15, -0.1) is 0 Å². The number of carbonyl (C=O) groups is 2. The fraction of sp³-hybridized carbons (Fsp3) is 0.467. The zero-order valence-electron chi connectivity index (χ0n) is 12.2. The van der Waals surface area contributed by atoms with Crippen LogP contribution in [-0.4, -0.2) is 37.2 Å². The van der Waals surface area contributed by atoms with E-state index >= 15 is 0 Å². The highest BCUT2D eigenvalue weighted by molar-refractivity contribution is 6.02. The molecule has 2 N–H and O–H groups in total. The molecule has 0 unspecified atom stereocenters. The number of nitrogens with two attached hydrogens (primary N) is 1. The molecule has 2 amide bonds. The Morgan fingerprint density at radius 3 is 2.76 bits per heavy atom. The molecule has 1 saturated heterocycles. The second-order valence-corrected chi connectivity index (χ2v) is 5.70. The highest BCUT2D eigenvalue weighted by Gasteiger charge is 2.34. The van der Waals surface area contributed by atoms with E-state index in [2.05, 4.69) is 0 Å². The van der Waals surface area contributed by atoms with Crippen LogP contribution in [0.3, 0.4) is 0 Å². The number of anilines is 2. The lowest BCUT2D eigenvalue weighted by atomic mass is 10.1. The van der Waals surface area contributed by atoms with E-state index in [1.54, 1.807) is 9.80 Å². The largest absolute Gasteiger partial charge is 0.443 e. The Balaban J connectivity index is 1.90. The molecule has 2 heterocycles. The van der Waals surface area contributed by atoms with Gasteiger partial charge in [0.25, 0.3) is 0 Å². The summed E-state index contributed by atoms with van der Waals surface area (Å²) in [6.07, 6.45) is -0.264. The summed E-state index contributed by atoms with van der Waals surface area (Å²) in [6.45, 7) is 4.75. The van der Waals surface area contributed by atoms with Gasteiger partial charge >= 0.3 is 6.09 Å². The first kappa shape index (κ1) is 13.9. The fourth-order valence-corrected chi connectivity index (χ4v) is 2.92. The maximum absolute atomic E-state index is 12.1. The van der Waals surface area contributed by atoms with Crippen molar-refractivity contribution in [1.29, 1.82) is 0 Å². The molecule has 21 heavy (non-hydrogen) atoms. The second kappa shape index (κ2) is 5.04. The van der Waals surface area contributed by atoms with Crippen molar-refractivity contribution in [3.63, 3.8) is 0 Å². The van der Waals surface area contributed by atoms with Gasteiger partial charge in [0.1, 0.15) is 6.10 Å². The topological polar surface area (TPSA) is 75.9 Å². The van der Waals surface area contributed by atoms with Gasteiger partial charge in [-0.25, -0.2) is 4.79 Å². The quantitative estimate of drug-likeness (QED) is 0.909. The lowest BCUT2D eigenvalue weighted by molar-refractivity contribution is -0.117. The van der Waals surface area contributed by atoms with E-state index in [0.29, 0.717) is 19.5 Å². The molecule has 6 heteroatoms. The summed E-state index contributed by atoms with van der Waals surface area (Å²) in [6, 6.07) is 5.78. The Morgan fingerprint density at radius 1 is 1.38 bits per heavy atom. The maximum Gasteiger partial charge on any atom is 0.414 e. The second-order valence-electron chi connectivity index (χ2n) is 5.70. The van der Waals surface area contributed by atoms with Crippen molar-refractivity contribution in [3.05, 3.63) is 23.8 Å². The van der Waals surface area contributed by atoms with Crippen molar-refractivity contribution < 1.29 is 14.3 Å². The zero-order chi connectivity index (χ0) is 15.1. The van der Waals surface area contributed by atoms with Crippen LogP contribution in [0.4, 0.5) is 16.2 Å². The van der Waals surface area contributed by atoms with Gasteiger partial charge in [-0.3, -0.25) is 9.69 Å². The van der Waals surface area contributed by atoms with Crippen molar-refractivity contribution >= 4 is 23.4 Å². The first-order valence-corrected chi connectivity index (χ1v) is 7.14. The van der Waals surface area contributed by atoms with Crippen molar-refractivity contribution in [2.45, 2.75) is 32.4 Å². The third-order valence-corrected chi connectivity index (χ3v) is 3.90. The number of hydrogen-bond acceptors (Lipinski definition) is 4. The maximum atomic E-state index is 12.1. The molecule has 2 aliphatic heterocycles. The van der Waals surface area contributed by atoms with Crippen LogP contribution in [0.25, 0.3) is 0 Å². The van der Waals surface area contributed by atoms with Crippen LogP contribution in [0.5, 0.6) is 0 Å². The molecule has 1 fully saturated rings. The van der Waals surface area contributed by atoms with Gasteiger partial charge in [0.05, 0.1) is 13.0 Å². The lowest BCUT2D eigenvalue weighted by Gasteiger charge is -2.22. The standard InChI is InChI=1S/C15H19N3O3/c1-9(2)18-13-4-3-11(5-10(13)6-14(18)19)17-8-12(7-16)21-15(17)20/h3-5,9,12H,6-8,16H2,1-2H3/t12-/m0/s1. The predicted octanol–water partition coefficient (Wildman–Crippen LogP) is 1.27. The fourth-order valence-electron chi connectivity index (χ4n) is 2.92. The first-order valence-electron chi connectivity index (χ1n) is 7.14. The Kier molecular flexibility index (Phi) is 3.33. The van der Waals surface area contributed by atoms with Crippen LogP contribution in [-0.2, 0) is 16.0 Å². The average molecular weight is 289 g/mol. The summed E-state index contributed by atoms with van der Waals surface area (Å²) < 4.78 is 5.16. The van der Waals surface area contributed by atoms with Gasteiger partial charge in [0.2, 0.25) is 5.91 Å². The monoisotopic (exact) mass is 289 g/mol. The number of rotatable bonds is 3. The number of fused-ring (bicyclic) bond motifs is 1. The highest BCUT2D eigenvalue weighted by atomic mass is 16.6. The highest BCUT2D eigenvalue weighted by Crippen LogP contribution is 2.34. The average Bonchev–Trinajstić information content (AvgIpc) is 2.96. The molecule has 0 aromatic heterocycles. The smallest absolute Gasteiger partial charge is 0.414 e. The summed E-state index contributed by atoms with van der Waals surface area (Å²) in [5.41, 5.74) is 8.18. The predicted molar refractivity (Wildman–Crippen MR) is 79.4 cm³/mol. The lowest BCUT2D eigenvalue weighted by Crippen LogP contribution is -2.33. The van der Waals surface area contributed by atoms with E-state index in [4.69, 9.17) is 10.5 Å². The summed E-state index contributed by atoms with van der Waals surface area (Å²) in [5, 5.41) is 0. The molecule has 1 aromatic rings. The van der Waals surface area contributed by atoms with Crippen LogP contribution in [0.1, 0.15) is 19.4 Å². The third kappa shape index (κ3) is 2.25. The molecule has 0 bridgehead atoms. The van der Waals surface area contributed by atoms with Gasteiger partial charge in [-0.05, 0) is 37.6 Å². The molecule has 0 aliphatic carbocycles. The molecule has 6 nitrogen and oxygen atoms in total. The van der Waals surface area contributed by atoms with Gasteiger partial charge < -0.3 is 15.4 Å². The Hall–Kier alpha value is -2.08. The van der Waals surface area contributed by atoms with Crippen molar-refractivity contribution in [2.75, 3.05) is 22.9 Å². The number of cyclic esters (lactones) is 1. The number of ether oxygens (including phenoxy) is 1. The van der Waals surface area contributed by atoms with Crippen LogP contribution >= 0.6 is 0 Å². The third-order valence-electron chi connectivity index (χ3n) is 3.90. The summed E-state index contributed by atoms with van der Waals surface area (Å²) in [5.74, 6) is 0.0981. The molecule has 0 saturated carbocycles. The van der Waals surface area contributed by atoms with Gasteiger partial charge in [0.15, 0.2) is 0 Å². The normalized spacial score (nSPS) is 21.2. The molecule has 1 atom stereocenters. The Bertz CT molecular complexity index is 600. The van der Waals surface area contributed by atoms with Crippen LogP contribution in [0.15, 0.2) is 18.2 Å². The van der Waals surface area contributed by atoms with Gasteiger partial charge in [-0.2, -0.15) is 0 Å².